The molecule has 0 aliphatic heterocycles. The van der Waals surface area contributed by atoms with Crippen molar-refractivity contribution in [1.82, 2.24) is 9.97 Å². The van der Waals surface area contributed by atoms with Gasteiger partial charge in [-0.2, -0.15) is 0 Å². The predicted molar refractivity (Wildman–Crippen MR) is 121 cm³/mol. The molecule has 0 aliphatic carbocycles. The molecular formula is C24H28N4O2. The van der Waals surface area contributed by atoms with Gasteiger partial charge in [-0.25, -0.2) is 9.97 Å². The largest absolute Gasteiger partial charge is 0.495 e. The molecule has 1 N–H and O–H groups in total. The van der Waals surface area contributed by atoms with Crippen molar-refractivity contribution in [3.8, 4) is 5.75 Å². The van der Waals surface area contributed by atoms with E-state index in [4.69, 9.17) is 4.74 Å². The Balaban J connectivity index is 1.82. The second-order valence-corrected chi connectivity index (χ2v) is 7.25. The van der Waals surface area contributed by atoms with E-state index < -0.39 is 0 Å². The monoisotopic (exact) mass is 404 g/mol. The first-order valence-electron chi connectivity index (χ1n) is 10.1. The van der Waals surface area contributed by atoms with E-state index >= 15 is 0 Å². The lowest BCUT2D eigenvalue weighted by atomic mass is 10.1. The number of carbonyl (C=O) groups is 1. The summed E-state index contributed by atoms with van der Waals surface area (Å²) in [5.74, 6) is 1.11. The summed E-state index contributed by atoms with van der Waals surface area (Å²) in [6.45, 7) is 5.94. The molecule has 0 fully saturated rings. The molecule has 3 aromatic rings. The number of nitrogens with one attached hydrogen (secondary N) is 1. The second-order valence-electron chi connectivity index (χ2n) is 7.25. The smallest absolute Gasteiger partial charge is 0.258 e. The molecular weight excluding hydrogens is 376 g/mol. The number of methoxy groups -OCH3 is 1. The van der Waals surface area contributed by atoms with Crippen LogP contribution in [-0.2, 0) is 6.42 Å². The Morgan fingerprint density at radius 3 is 2.60 bits per heavy atom. The first-order chi connectivity index (χ1) is 14.4. The molecule has 3 rings (SSSR count). The van der Waals surface area contributed by atoms with Gasteiger partial charge in [0.2, 0.25) is 5.95 Å². The molecule has 6 nitrogen and oxygen atoms in total. The number of hydrogen-bond acceptors (Lipinski definition) is 5. The maximum absolute atomic E-state index is 12.9. The molecule has 1 aromatic heterocycles. The highest BCUT2D eigenvalue weighted by Gasteiger charge is 2.18. The highest BCUT2D eigenvalue weighted by molar-refractivity contribution is 6.06. The van der Waals surface area contributed by atoms with E-state index in [1.807, 2.05) is 50.2 Å². The lowest BCUT2D eigenvalue weighted by molar-refractivity contribution is 0.0992. The van der Waals surface area contributed by atoms with Crippen molar-refractivity contribution in [2.75, 3.05) is 24.4 Å². The van der Waals surface area contributed by atoms with E-state index in [1.54, 1.807) is 25.3 Å². The van der Waals surface area contributed by atoms with Gasteiger partial charge in [-0.05, 0) is 49.6 Å². The Hall–Kier alpha value is -3.41. The Labute approximate surface area is 177 Å². The van der Waals surface area contributed by atoms with Crippen LogP contribution < -0.4 is 15.0 Å². The molecule has 0 saturated heterocycles. The molecule has 0 aliphatic rings. The zero-order valence-electron chi connectivity index (χ0n) is 18.2. The van der Waals surface area contributed by atoms with E-state index in [1.165, 1.54) is 5.56 Å². The van der Waals surface area contributed by atoms with Crippen LogP contribution >= 0.6 is 0 Å². The van der Waals surface area contributed by atoms with E-state index in [0.29, 0.717) is 22.9 Å². The highest BCUT2D eigenvalue weighted by atomic mass is 16.5. The van der Waals surface area contributed by atoms with Crippen LogP contribution in [-0.4, -0.2) is 30.0 Å². The second kappa shape index (κ2) is 9.39. The van der Waals surface area contributed by atoms with Crippen molar-refractivity contribution < 1.29 is 9.53 Å². The number of hydrogen-bond donors (Lipinski definition) is 1. The van der Waals surface area contributed by atoms with Gasteiger partial charge in [0.1, 0.15) is 5.75 Å². The lowest BCUT2D eigenvalue weighted by Gasteiger charge is -2.20. The summed E-state index contributed by atoms with van der Waals surface area (Å²) < 4.78 is 5.52. The predicted octanol–water partition coefficient (Wildman–Crippen LogP) is 5.07. The van der Waals surface area contributed by atoms with Gasteiger partial charge in [0, 0.05) is 12.6 Å². The third kappa shape index (κ3) is 4.59. The highest BCUT2D eigenvalue weighted by Crippen LogP contribution is 2.29. The molecule has 0 unspecified atom stereocenters. The average Bonchev–Trinajstić information content (AvgIpc) is 2.74. The third-order valence-corrected chi connectivity index (χ3v) is 5.05. The number of nitrogens with zero attached hydrogens (tertiary/aromatic N) is 3. The van der Waals surface area contributed by atoms with Gasteiger partial charge >= 0.3 is 0 Å². The normalized spacial score (nSPS) is 10.6. The number of benzene rings is 2. The van der Waals surface area contributed by atoms with Crippen LogP contribution in [0.25, 0.3) is 0 Å². The van der Waals surface area contributed by atoms with Crippen LogP contribution in [0.15, 0.2) is 48.7 Å². The summed E-state index contributed by atoms with van der Waals surface area (Å²) in [6, 6.07) is 13.6. The third-order valence-electron chi connectivity index (χ3n) is 5.05. The Bertz CT molecular complexity index is 1050. The number of aromatic nitrogens is 2. The fourth-order valence-corrected chi connectivity index (χ4v) is 3.36. The van der Waals surface area contributed by atoms with Gasteiger partial charge in [0.05, 0.1) is 30.4 Å². The van der Waals surface area contributed by atoms with Crippen LogP contribution in [0.1, 0.15) is 40.5 Å². The molecule has 30 heavy (non-hydrogen) atoms. The molecule has 1 amide bonds. The van der Waals surface area contributed by atoms with Crippen molar-refractivity contribution in [2.45, 2.75) is 33.6 Å². The van der Waals surface area contributed by atoms with E-state index in [2.05, 4.69) is 28.3 Å². The number of amides is 1. The summed E-state index contributed by atoms with van der Waals surface area (Å²) in [5, 5.41) is 3.22. The molecule has 1 heterocycles. The maximum Gasteiger partial charge on any atom is 0.258 e. The molecule has 2 aromatic carbocycles. The van der Waals surface area contributed by atoms with Crippen LogP contribution in [0.5, 0.6) is 5.75 Å². The molecule has 156 valence electrons. The minimum atomic E-state index is -0.0892. The van der Waals surface area contributed by atoms with Crippen LogP contribution in [0, 0.1) is 13.8 Å². The van der Waals surface area contributed by atoms with Gasteiger partial charge < -0.3 is 15.0 Å². The van der Waals surface area contributed by atoms with E-state index in [9.17, 15) is 4.79 Å². The standard InChI is InChI=1S/C24H28N4O2/c1-6-9-18-12-13-20(22(14-18)30-5)27-24-25-15-21(17(3)26-24)28(4)23(29)19-11-8-7-10-16(19)2/h7-8,10-15H,6,9H2,1-5H3,(H,25,26,27). The van der Waals surface area contributed by atoms with Gasteiger partial charge in [0.25, 0.3) is 5.91 Å². The van der Waals surface area contributed by atoms with Crippen molar-refractivity contribution in [3.05, 3.63) is 71.0 Å². The van der Waals surface area contributed by atoms with Gasteiger partial charge in [-0.15, -0.1) is 0 Å². The van der Waals surface area contributed by atoms with Crippen LogP contribution in [0.3, 0.4) is 0 Å². The van der Waals surface area contributed by atoms with Gasteiger partial charge in [0.15, 0.2) is 0 Å². The molecule has 0 saturated carbocycles. The fourth-order valence-electron chi connectivity index (χ4n) is 3.36. The zero-order valence-corrected chi connectivity index (χ0v) is 18.2. The first-order valence-corrected chi connectivity index (χ1v) is 10.1. The van der Waals surface area contributed by atoms with Gasteiger partial charge in [-0.3, -0.25) is 4.79 Å². The molecule has 0 atom stereocenters. The van der Waals surface area contributed by atoms with Crippen molar-refractivity contribution in [2.24, 2.45) is 0 Å². The zero-order chi connectivity index (χ0) is 21.7. The fraction of sp³-hybridized carbons (Fsp3) is 0.292. The SMILES string of the molecule is CCCc1ccc(Nc2ncc(N(C)C(=O)c3ccccc3C)c(C)n2)c(OC)c1. The van der Waals surface area contributed by atoms with Gasteiger partial charge in [-0.1, -0.05) is 37.6 Å². The summed E-state index contributed by atoms with van der Waals surface area (Å²) in [6.07, 6.45) is 3.75. The Kier molecular flexibility index (Phi) is 6.67. The number of anilines is 3. The summed E-state index contributed by atoms with van der Waals surface area (Å²) in [4.78, 5) is 23.5. The van der Waals surface area contributed by atoms with Crippen molar-refractivity contribution in [3.63, 3.8) is 0 Å². The van der Waals surface area contributed by atoms with E-state index in [0.717, 1.165) is 29.8 Å². The van der Waals surface area contributed by atoms with E-state index in [-0.39, 0.29) is 5.91 Å². The number of aryl methyl sites for hydroxylation is 3. The quantitative estimate of drug-likeness (QED) is 0.595. The Morgan fingerprint density at radius 2 is 1.93 bits per heavy atom. The topological polar surface area (TPSA) is 67.4 Å². The minimum Gasteiger partial charge on any atom is -0.495 e. The molecule has 0 radical (unpaired) electrons. The molecule has 0 bridgehead atoms. The molecule has 6 heteroatoms. The average molecular weight is 405 g/mol. The van der Waals surface area contributed by atoms with Crippen LogP contribution in [0.2, 0.25) is 0 Å². The first kappa shape index (κ1) is 21.3. The summed E-state index contributed by atoms with van der Waals surface area (Å²) in [5.41, 5.74) is 5.00. The van der Waals surface area contributed by atoms with Crippen LogP contribution in [0.4, 0.5) is 17.3 Å². The number of ether oxygens (including phenoxy) is 1. The summed E-state index contributed by atoms with van der Waals surface area (Å²) >= 11 is 0. The van der Waals surface area contributed by atoms with Crippen molar-refractivity contribution >= 4 is 23.2 Å². The summed E-state index contributed by atoms with van der Waals surface area (Å²) in [7, 11) is 3.39. The number of rotatable bonds is 7. The minimum absolute atomic E-state index is 0.0892. The Morgan fingerprint density at radius 1 is 1.17 bits per heavy atom. The number of carbonyl (C=O) groups excluding carboxylic acids is 1. The van der Waals surface area contributed by atoms with Crippen molar-refractivity contribution in [1.29, 1.82) is 0 Å². The lowest BCUT2D eigenvalue weighted by Crippen LogP contribution is -2.28. The maximum atomic E-state index is 12.9. The molecule has 0 spiro atoms.